The van der Waals surface area contributed by atoms with Crippen LogP contribution < -0.4 is 0 Å². The molecule has 0 aromatic heterocycles. The lowest BCUT2D eigenvalue weighted by atomic mass is 9.82. The maximum Gasteiger partial charge on any atom is 0.304 e. The molecule has 1 aliphatic rings. The van der Waals surface area contributed by atoms with Gasteiger partial charge >= 0.3 is 8.32 Å². The van der Waals surface area contributed by atoms with Crippen LogP contribution in [0.3, 0.4) is 0 Å². The Hall–Kier alpha value is -0.763. The third kappa shape index (κ3) is 1.60. The summed E-state index contributed by atoms with van der Waals surface area (Å²) in [5.41, 5.74) is 4.30. The van der Waals surface area contributed by atoms with Crippen molar-refractivity contribution in [1.29, 1.82) is 0 Å². The molecule has 0 aromatic carbocycles. The van der Waals surface area contributed by atoms with Gasteiger partial charge < -0.3 is 4.43 Å². The summed E-state index contributed by atoms with van der Waals surface area (Å²) in [4.78, 5) is 0. The van der Waals surface area contributed by atoms with Gasteiger partial charge in [-0.3, -0.25) is 0 Å². The van der Waals surface area contributed by atoms with Crippen LogP contribution in [0.15, 0.2) is 37.4 Å². The van der Waals surface area contributed by atoms with E-state index in [1.54, 1.807) is 6.26 Å². The van der Waals surface area contributed by atoms with Crippen molar-refractivity contribution in [1.82, 2.24) is 0 Å². The predicted molar refractivity (Wildman–Crippen MR) is 73.4 cm³/mol. The van der Waals surface area contributed by atoms with Crippen LogP contribution in [-0.2, 0) is 4.43 Å². The van der Waals surface area contributed by atoms with Gasteiger partial charge in [0, 0.05) is 5.04 Å². The fourth-order valence-corrected chi connectivity index (χ4v) is 6.67. The average Bonchev–Trinajstić information content (AvgIpc) is 2.51. The van der Waals surface area contributed by atoms with E-state index in [9.17, 15) is 0 Å². The molecule has 0 saturated heterocycles. The van der Waals surface area contributed by atoms with E-state index < -0.39 is 8.32 Å². The van der Waals surface area contributed by atoms with Gasteiger partial charge in [-0.25, -0.2) is 0 Å². The molecule has 0 radical (unpaired) electrons. The highest BCUT2D eigenvalue weighted by Gasteiger charge is 2.59. The summed E-state index contributed by atoms with van der Waals surface area (Å²) in [6.07, 6.45) is 5.27. The lowest BCUT2D eigenvalue weighted by molar-refractivity contribution is 0.259. The molecule has 1 rings (SSSR count). The van der Waals surface area contributed by atoms with Crippen LogP contribution in [0.25, 0.3) is 0 Å². The van der Waals surface area contributed by atoms with Gasteiger partial charge in [-0.2, -0.15) is 0 Å². The fourth-order valence-electron chi connectivity index (χ4n) is 3.12. The van der Waals surface area contributed by atoms with Gasteiger partial charge in [-0.05, 0) is 18.3 Å². The first-order valence-electron chi connectivity index (χ1n) is 5.95. The zero-order chi connectivity index (χ0) is 12.4. The molecule has 90 valence electrons. The molecule has 0 aliphatic heterocycles. The van der Waals surface area contributed by atoms with Crippen molar-refractivity contribution in [3.05, 3.63) is 37.4 Å². The van der Waals surface area contributed by atoms with Crippen molar-refractivity contribution in [2.75, 3.05) is 0 Å². The molecule has 1 fully saturated rings. The minimum atomic E-state index is -2.16. The molecule has 2 heteroatoms. The van der Waals surface area contributed by atoms with Crippen molar-refractivity contribution >= 4 is 8.32 Å². The minimum Gasteiger partial charge on any atom is -0.541 e. The Bertz CT molecular complexity index is 298. The van der Waals surface area contributed by atoms with Crippen LogP contribution in [0.1, 0.15) is 40.0 Å². The highest BCUT2D eigenvalue weighted by Crippen LogP contribution is 2.63. The fraction of sp³-hybridized carbons (Fsp3) is 0.571. The molecule has 0 bridgehead atoms. The van der Waals surface area contributed by atoms with Crippen LogP contribution in [0.4, 0.5) is 0 Å². The van der Waals surface area contributed by atoms with Crippen LogP contribution in [-0.4, -0.2) is 8.32 Å². The van der Waals surface area contributed by atoms with Gasteiger partial charge in [0.05, 0.1) is 6.26 Å². The third-order valence-electron chi connectivity index (χ3n) is 4.72. The summed E-state index contributed by atoms with van der Waals surface area (Å²) in [5, 5.41) is 0.164. The molecule has 1 unspecified atom stereocenters. The molecule has 0 amide bonds. The summed E-state index contributed by atoms with van der Waals surface area (Å²) in [6.45, 7) is 18.7. The van der Waals surface area contributed by atoms with E-state index in [1.165, 1.54) is 19.3 Å². The summed E-state index contributed by atoms with van der Waals surface area (Å²) >= 11 is 0. The van der Waals surface area contributed by atoms with Crippen LogP contribution >= 0.6 is 0 Å². The third-order valence-corrected chi connectivity index (χ3v) is 9.14. The van der Waals surface area contributed by atoms with E-state index in [0.29, 0.717) is 0 Å². The zero-order valence-electron chi connectivity index (χ0n) is 10.9. The molecule has 1 saturated carbocycles. The van der Waals surface area contributed by atoms with Gasteiger partial charge in [0.2, 0.25) is 0 Å². The van der Waals surface area contributed by atoms with Crippen LogP contribution in [0.5, 0.6) is 0 Å². The van der Waals surface area contributed by atoms with Gasteiger partial charge in [0.15, 0.2) is 0 Å². The molecule has 1 nitrogen and oxygen atoms in total. The van der Waals surface area contributed by atoms with Gasteiger partial charge in [-0.1, -0.05) is 45.2 Å². The lowest BCUT2D eigenvalue weighted by Gasteiger charge is -2.47. The molecule has 0 heterocycles. The summed E-state index contributed by atoms with van der Waals surface area (Å²) in [6, 6.07) is 0. The molecular formula is C14H24OSi. The van der Waals surface area contributed by atoms with E-state index in [4.69, 9.17) is 4.43 Å². The zero-order valence-corrected chi connectivity index (χ0v) is 11.9. The number of hydrogen-bond donors (Lipinski definition) is 0. The summed E-state index contributed by atoms with van der Waals surface area (Å²) < 4.78 is 5.92. The Kier molecular flexibility index (Phi) is 3.53. The van der Waals surface area contributed by atoms with Crippen molar-refractivity contribution in [2.24, 2.45) is 5.41 Å². The van der Waals surface area contributed by atoms with E-state index in [-0.39, 0.29) is 10.5 Å². The van der Waals surface area contributed by atoms with E-state index in [0.717, 1.165) is 0 Å². The Balaban J connectivity index is 3.25. The largest absolute Gasteiger partial charge is 0.541 e. The number of rotatable bonds is 5. The maximum atomic E-state index is 5.92. The smallest absolute Gasteiger partial charge is 0.304 e. The first-order chi connectivity index (χ1) is 7.39. The first kappa shape index (κ1) is 13.3. The van der Waals surface area contributed by atoms with Crippen molar-refractivity contribution in [3.63, 3.8) is 0 Å². The lowest BCUT2D eigenvalue weighted by Crippen LogP contribution is -2.50. The quantitative estimate of drug-likeness (QED) is 0.504. The van der Waals surface area contributed by atoms with Crippen molar-refractivity contribution < 1.29 is 4.43 Å². The first-order valence-corrected chi connectivity index (χ1v) is 8.01. The summed E-state index contributed by atoms with van der Waals surface area (Å²) in [7, 11) is -2.16. The van der Waals surface area contributed by atoms with Crippen LogP contribution in [0, 0.1) is 5.41 Å². The molecular weight excluding hydrogens is 212 g/mol. The van der Waals surface area contributed by atoms with Gasteiger partial charge in [0.25, 0.3) is 0 Å². The number of hydrogen-bond acceptors (Lipinski definition) is 1. The molecule has 1 aliphatic carbocycles. The topological polar surface area (TPSA) is 9.23 Å². The molecule has 0 N–H and O–H groups in total. The Morgan fingerprint density at radius 3 is 1.94 bits per heavy atom. The maximum absolute atomic E-state index is 5.92. The summed E-state index contributed by atoms with van der Waals surface area (Å²) in [5.74, 6) is 0. The van der Waals surface area contributed by atoms with Gasteiger partial charge in [-0.15, -0.1) is 13.2 Å². The molecule has 0 spiro atoms. The molecule has 16 heavy (non-hydrogen) atoms. The van der Waals surface area contributed by atoms with Gasteiger partial charge in [0.1, 0.15) is 0 Å². The Labute approximate surface area is 101 Å². The van der Waals surface area contributed by atoms with Crippen molar-refractivity contribution in [2.45, 2.75) is 45.1 Å². The monoisotopic (exact) mass is 236 g/mol. The normalized spacial score (nSPS) is 28.4. The SMILES string of the molecule is C=CO[Si](C=C)(C=C)C1(C)CCCC1(C)C. The second kappa shape index (κ2) is 4.25. The van der Waals surface area contributed by atoms with Crippen LogP contribution in [0.2, 0.25) is 5.04 Å². The Morgan fingerprint density at radius 2 is 1.62 bits per heavy atom. The highest BCUT2D eigenvalue weighted by molar-refractivity contribution is 6.86. The minimum absolute atomic E-state index is 0.164. The predicted octanol–water partition coefficient (Wildman–Crippen LogP) is 4.51. The molecule has 1 atom stereocenters. The van der Waals surface area contributed by atoms with E-state index in [1.807, 2.05) is 11.4 Å². The second-order valence-electron chi connectivity index (χ2n) is 5.56. The average molecular weight is 236 g/mol. The standard InChI is InChI=1S/C14H24OSi/c1-7-15-16(8-2,9-3)14(6)12-10-11-13(14,4)5/h7-9H,1-3,10-12H2,4-6H3. The molecule has 0 aromatic rings. The van der Waals surface area contributed by atoms with Crippen molar-refractivity contribution in [3.8, 4) is 0 Å². The highest BCUT2D eigenvalue weighted by atomic mass is 28.4. The second-order valence-corrected chi connectivity index (χ2v) is 9.30. The van der Waals surface area contributed by atoms with E-state index >= 15 is 0 Å². The van der Waals surface area contributed by atoms with E-state index in [2.05, 4.69) is 40.5 Å². The Morgan fingerprint density at radius 1 is 1.06 bits per heavy atom.